The zero-order valence-electron chi connectivity index (χ0n) is 21.4. The molecule has 3 rings (SSSR count). The van der Waals surface area contributed by atoms with Crippen LogP contribution in [0.25, 0.3) is 0 Å². The van der Waals surface area contributed by atoms with Crippen LogP contribution in [0.3, 0.4) is 0 Å². The van der Waals surface area contributed by atoms with Gasteiger partial charge >= 0.3 is 0 Å². The third-order valence-electron chi connectivity index (χ3n) is 6.27. The molecule has 0 saturated heterocycles. The van der Waals surface area contributed by atoms with Gasteiger partial charge in [-0.2, -0.15) is 0 Å². The minimum absolute atomic E-state index is 0.107. The van der Waals surface area contributed by atoms with Crippen molar-refractivity contribution in [3.63, 3.8) is 0 Å². The number of hydrogen-bond donors (Lipinski definition) is 3. The van der Waals surface area contributed by atoms with Crippen molar-refractivity contribution in [2.45, 2.75) is 44.9 Å². The number of methoxy groups -OCH3 is 1. The second-order valence-electron chi connectivity index (χ2n) is 9.23. The second kappa shape index (κ2) is 13.8. The zero-order valence-corrected chi connectivity index (χ0v) is 23.6. The topological polar surface area (TPSA) is 108 Å². The van der Waals surface area contributed by atoms with Crippen molar-refractivity contribution in [3.8, 4) is 11.5 Å². The van der Waals surface area contributed by atoms with E-state index in [0.29, 0.717) is 24.3 Å². The van der Waals surface area contributed by atoms with Gasteiger partial charge in [0.25, 0.3) is 0 Å². The Kier molecular flexibility index (Phi) is 10.8. The number of amides is 2. The molecular formula is C28H35IN2O6. The van der Waals surface area contributed by atoms with Gasteiger partial charge in [0, 0.05) is 31.0 Å². The van der Waals surface area contributed by atoms with E-state index in [1.165, 1.54) is 0 Å². The maximum atomic E-state index is 13.4. The minimum atomic E-state index is -1.06. The summed E-state index contributed by atoms with van der Waals surface area (Å²) < 4.78 is 12.4. The van der Waals surface area contributed by atoms with Crippen LogP contribution in [0.5, 0.6) is 11.5 Å². The van der Waals surface area contributed by atoms with Crippen LogP contribution in [0.15, 0.2) is 60.2 Å². The summed E-state index contributed by atoms with van der Waals surface area (Å²) in [4.78, 5) is 28.0. The Morgan fingerprint density at radius 3 is 2.62 bits per heavy atom. The van der Waals surface area contributed by atoms with Gasteiger partial charge < -0.3 is 29.9 Å². The average Bonchev–Trinajstić information content (AvgIpc) is 2.90. The lowest BCUT2D eigenvalue weighted by Gasteiger charge is -2.41. The van der Waals surface area contributed by atoms with Crippen molar-refractivity contribution < 1.29 is 29.3 Å². The number of rotatable bonds is 11. The lowest BCUT2D eigenvalue weighted by molar-refractivity contribution is -0.141. The maximum Gasteiger partial charge on any atom is 0.247 e. The van der Waals surface area contributed by atoms with Crippen LogP contribution in [0.2, 0.25) is 0 Å². The Labute approximate surface area is 231 Å². The van der Waals surface area contributed by atoms with E-state index in [1.807, 2.05) is 56.3 Å². The van der Waals surface area contributed by atoms with Crippen molar-refractivity contribution >= 4 is 34.4 Å². The fourth-order valence-corrected chi connectivity index (χ4v) is 4.83. The molecule has 1 aliphatic rings. The van der Waals surface area contributed by atoms with Crippen LogP contribution < -0.4 is 14.8 Å². The highest BCUT2D eigenvalue weighted by atomic mass is 127. The van der Waals surface area contributed by atoms with Gasteiger partial charge in [-0.1, -0.05) is 38.1 Å². The SMILES string of the molecule is COc1cccc(CCN(C(=O)C(C)C)[C@@H]2CC(C(=O)NCCO)=C[C@H](Oc3ccccc3I)[C@H]2O)c1. The van der Waals surface area contributed by atoms with Crippen molar-refractivity contribution in [2.75, 3.05) is 26.8 Å². The molecule has 0 spiro atoms. The summed E-state index contributed by atoms with van der Waals surface area (Å²) in [5.74, 6) is 0.541. The Morgan fingerprint density at radius 1 is 1.19 bits per heavy atom. The van der Waals surface area contributed by atoms with E-state index in [2.05, 4.69) is 27.9 Å². The van der Waals surface area contributed by atoms with E-state index >= 15 is 0 Å². The van der Waals surface area contributed by atoms with E-state index in [4.69, 9.17) is 14.6 Å². The van der Waals surface area contributed by atoms with Crippen LogP contribution in [0, 0.1) is 9.49 Å². The van der Waals surface area contributed by atoms with E-state index in [1.54, 1.807) is 24.2 Å². The molecule has 0 aromatic heterocycles. The van der Waals surface area contributed by atoms with Crippen molar-refractivity contribution in [1.82, 2.24) is 10.2 Å². The van der Waals surface area contributed by atoms with E-state index < -0.39 is 18.2 Å². The first-order valence-electron chi connectivity index (χ1n) is 12.4. The van der Waals surface area contributed by atoms with Gasteiger partial charge in [-0.25, -0.2) is 0 Å². The molecule has 3 N–H and O–H groups in total. The molecular weight excluding hydrogens is 587 g/mol. The molecule has 0 fully saturated rings. The van der Waals surface area contributed by atoms with Crippen LogP contribution in [0.4, 0.5) is 0 Å². The van der Waals surface area contributed by atoms with E-state index in [0.717, 1.165) is 14.9 Å². The van der Waals surface area contributed by atoms with Crippen LogP contribution in [0.1, 0.15) is 25.8 Å². The standard InChI is InChI=1S/C28H35IN2O6/c1-18(2)28(35)31(13-11-19-7-6-8-21(15-19)36-3)23-16-20(27(34)30-12-14-32)17-25(26(23)33)37-24-10-5-4-9-22(24)29/h4-10,15,17-18,23,25-26,32-33H,11-14,16H2,1-3H3,(H,30,34)/t23-,25+,26+/m1/s1. The number of aliphatic hydroxyl groups is 2. The summed E-state index contributed by atoms with van der Waals surface area (Å²) in [5, 5.41) is 23.3. The van der Waals surface area contributed by atoms with Crippen molar-refractivity contribution in [2.24, 2.45) is 5.92 Å². The lowest BCUT2D eigenvalue weighted by Crippen LogP contribution is -2.56. The van der Waals surface area contributed by atoms with Gasteiger partial charge in [0.15, 0.2) is 0 Å². The van der Waals surface area contributed by atoms with Crippen LogP contribution >= 0.6 is 22.6 Å². The molecule has 37 heavy (non-hydrogen) atoms. The number of nitrogens with zero attached hydrogens (tertiary/aromatic N) is 1. The molecule has 2 aromatic rings. The van der Waals surface area contributed by atoms with Gasteiger partial charge in [0.05, 0.1) is 23.3 Å². The number of nitrogens with one attached hydrogen (secondary N) is 1. The number of hydrogen-bond acceptors (Lipinski definition) is 6. The number of carbonyl (C=O) groups is 2. The first-order valence-corrected chi connectivity index (χ1v) is 13.5. The quantitative estimate of drug-likeness (QED) is 0.333. The number of halogens is 1. The molecule has 3 atom stereocenters. The molecule has 1 aliphatic carbocycles. The summed E-state index contributed by atoms with van der Waals surface area (Å²) in [6.07, 6.45) is 0.441. The summed E-state index contributed by atoms with van der Waals surface area (Å²) >= 11 is 2.15. The van der Waals surface area contributed by atoms with Gasteiger partial charge in [-0.3, -0.25) is 9.59 Å². The van der Waals surface area contributed by atoms with E-state index in [9.17, 15) is 14.7 Å². The lowest BCUT2D eigenvalue weighted by atomic mass is 9.87. The summed E-state index contributed by atoms with van der Waals surface area (Å²) in [6, 6.07) is 14.4. The summed E-state index contributed by atoms with van der Waals surface area (Å²) in [6.45, 7) is 3.91. The first kappa shape index (κ1) is 28.9. The summed E-state index contributed by atoms with van der Waals surface area (Å²) in [5.41, 5.74) is 1.40. The Hall–Kier alpha value is -2.63. The molecule has 0 radical (unpaired) electrons. The molecule has 0 unspecified atom stereocenters. The number of aliphatic hydroxyl groups excluding tert-OH is 2. The molecule has 0 bridgehead atoms. The third kappa shape index (κ3) is 7.68. The first-order chi connectivity index (χ1) is 17.7. The normalized spacial score (nSPS) is 19.2. The third-order valence-corrected chi connectivity index (χ3v) is 7.16. The van der Waals surface area contributed by atoms with Crippen molar-refractivity contribution in [1.29, 1.82) is 0 Å². The zero-order chi connectivity index (χ0) is 26.9. The predicted molar refractivity (Wildman–Crippen MR) is 149 cm³/mol. The molecule has 2 aromatic carbocycles. The molecule has 200 valence electrons. The van der Waals surface area contributed by atoms with Crippen LogP contribution in [-0.2, 0) is 16.0 Å². The van der Waals surface area contributed by atoms with Crippen molar-refractivity contribution in [3.05, 3.63) is 69.3 Å². The van der Waals surface area contributed by atoms with Gasteiger partial charge in [0.2, 0.25) is 11.8 Å². The molecule has 2 amide bonds. The smallest absolute Gasteiger partial charge is 0.247 e. The fraction of sp³-hybridized carbons (Fsp3) is 0.429. The molecule has 0 heterocycles. The molecule has 0 saturated carbocycles. The Morgan fingerprint density at radius 2 is 1.95 bits per heavy atom. The number of carbonyl (C=O) groups excluding carboxylic acids is 2. The highest BCUT2D eigenvalue weighted by Gasteiger charge is 2.40. The predicted octanol–water partition coefficient (Wildman–Crippen LogP) is 2.94. The highest BCUT2D eigenvalue weighted by molar-refractivity contribution is 14.1. The Balaban J connectivity index is 1.92. The number of ether oxygens (including phenoxy) is 2. The van der Waals surface area contributed by atoms with Crippen LogP contribution in [-0.4, -0.2) is 72.0 Å². The number of benzene rings is 2. The molecule has 9 heteroatoms. The largest absolute Gasteiger partial charge is 0.497 e. The number of para-hydroxylation sites is 1. The highest BCUT2D eigenvalue weighted by Crippen LogP contribution is 2.30. The van der Waals surface area contributed by atoms with Gasteiger partial charge in [0.1, 0.15) is 23.7 Å². The summed E-state index contributed by atoms with van der Waals surface area (Å²) in [7, 11) is 1.61. The maximum absolute atomic E-state index is 13.4. The monoisotopic (exact) mass is 622 g/mol. The fourth-order valence-electron chi connectivity index (χ4n) is 4.32. The van der Waals surface area contributed by atoms with Gasteiger partial charge in [-0.05, 0) is 64.9 Å². The Bertz CT molecular complexity index is 1110. The van der Waals surface area contributed by atoms with E-state index in [-0.39, 0.29) is 37.3 Å². The molecule has 8 nitrogen and oxygen atoms in total. The average molecular weight is 623 g/mol. The molecule has 0 aliphatic heterocycles. The minimum Gasteiger partial charge on any atom is -0.497 e. The van der Waals surface area contributed by atoms with Gasteiger partial charge in [-0.15, -0.1) is 0 Å². The second-order valence-corrected chi connectivity index (χ2v) is 10.4.